The molecule has 0 aromatic heterocycles. The lowest BCUT2D eigenvalue weighted by atomic mass is 10.1. The van der Waals surface area contributed by atoms with Crippen molar-refractivity contribution in [3.05, 3.63) is 47.5 Å². The van der Waals surface area contributed by atoms with E-state index in [-0.39, 0.29) is 16.9 Å². The van der Waals surface area contributed by atoms with Crippen LogP contribution < -0.4 is 14.4 Å². The Morgan fingerprint density at radius 2 is 2.04 bits per heavy atom. The summed E-state index contributed by atoms with van der Waals surface area (Å²) in [7, 11) is -3.81. The molecular weight excluding hydrogens is 364 g/mol. The lowest BCUT2D eigenvalue weighted by molar-refractivity contribution is -0.117. The summed E-state index contributed by atoms with van der Waals surface area (Å²) in [6.07, 6.45) is 0.564. The first-order valence-electron chi connectivity index (χ1n) is 8.93. The number of nitrogens with zero attached hydrogens (tertiary/aromatic N) is 1. The van der Waals surface area contributed by atoms with Crippen LogP contribution in [0.15, 0.2) is 41.3 Å². The molecule has 0 saturated heterocycles. The molecule has 1 atom stereocenters. The Bertz CT molecular complexity index is 985. The van der Waals surface area contributed by atoms with Gasteiger partial charge in [-0.2, -0.15) is 0 Å². The summed E-state index contributed by atoms with van der Waals surface area (Å²) in [5, 5.41) is 0. The Kier molecular flexibility index (Phi) is 5.15. The van der Waals surface area contributed by atoms with Gasteiger partial charge in [0.1, 0.15) is 11.9 Å². The van der Waals surface area contributed by atoms with Gasteiger partial charge in [0.25, 0.3) is 10.0 Å². The van der Waals surface area contributed by atoms with Crippen molar-refractivity contribution >= 4 is 27.3 Å². The van der Waals surface area contributed by atoms with E-state index in [9.17, 15) is 13.2 Å². The number of sulfonamides is 1. The highest BCUT2D eigenvalue weighted by Crippen LogP contribution is 2.36. The SMILES string of the molecule is CCc1cccc(C)c1NS(=O)(=O)c1ccc2c(c1)N(C(C)=O)CC(C)O2. The second-order valence-corrected chi connectivity index (χ2v) is 8.44. The molecule has 6 nitrogen and oxygen atoms in total. The molecule has 1 aliphatic rings. The van der Waals surface area contributed by atoms with Crippen molar-refractivity contribution < 1.29 is 17.9 Å². The molecule has 1 amide bonds. The second kappa shape index (κ2) is 7.23. The Morgan fingerprint density at radius 1 is 1.30 bits per heavy atom. The third kappa shape index (κ3) is 3.78. The van der Waals surface area contributed by atoms with Crippen LogP contribution in [0.5, 0.6) is 5.75 Å². The third-order valence-corrected chi connectivity index (χ3v) is 6.00. The zero-order chi connectivity index (χ0) is 19.8. The van der Waals surface area contributed by atoms with Crippen LogP contribution in [-0.2, 0) is 21.2 Å². The predicted octanol–water partition coefficient (Wildman–Crippen LogP) is 3.49. The molecule has 0 spiro atoms. The molecular formula is C20H24N2O4S. The van der Waals surface area contributed by atoms with E-state index in [1.807, 2.05) is 39.0 Å². The highest BCUT2D eigenvalue weighted by atomic mass is 32.2. The number of para-hydroxylation sites is 1. The molecule has 1 unspecified atom stereocenters. The van der Waals surface area contributed by atoms with E-state index in [4.69, 9.17) is 4.74 Å². The smallest absolute Gasteiger partial charge is 0.261 e. The molecule has 1 N–H and O–H groups in total. The number of amides is 1. The van der Waals surface area contributed by atoms with Crippen LogP contribution in [0.2, 0.25) is 0 Å². The Balaban J connectivity index is 2.02. The second-order valence-electron chi connectivity index (χ2n) is 6.76. The van der Waals surface area contributed by atoms with Crippen molar-refractivity contribution in [2.45, 2.75) is 45.1 Å². The fourth-order valence-corrected chi connectivity index (χ4v) is 4.44. The predicted molar refractivity (Wildman–Crippen MR) is 106 cm³/mol. The molecule has 0 bridgehead atoms. The maximum Gasteiger partial charge on any atom is 0.261 e. The first-order chi connectivity index (χ1) is 12.7. The van der Waals surface area contributed by atoms with Crippen molar-refractivity contribution in [1.82, 2.24) is 0 Å². The van der Waals surface area contributed by atoms with E-state index in [0.717, 1.165) is 11.1 Å². The zero-order valence-corrected chi connectivity index (χ0v) is 16.8. The van der Waals surface area contributed by atoms with Crippen LogP contribution in [0.1, 0.15) is 31.9 Å². The largest absolute Gasteiger partial charge is 0.487 e. The summed E-state index contributed by atoms with van der Waals surface area (Å²) in [6, 6.07) is 10.3. The minimum absolute atomic E-state index is 0.0935. The van der Waals surface area contributed by atoms with Crippen molar-refractivity contribution in [3.63, 3.8) is 0 Å². The average molecular weight is 388 g/mol. The number of rotatable bonds is 4. The summed E-state index contributed by atoms with van der Waals surface area (Å²) in [5.41, 5.74) is 2.87. The molecule has 1 heterocycles. The van der Waals surface area contributed by atoms with Gasteiger partial charge < -0.3 is 9.64 Å². The van der Waals surface area contributed by atoms with Crippen LogP contribution in [-0.4, -0.2) is 27.0 Å². The first kappa shape index (κ1) is 19.2. The standard InChI is InChI=1S/C20H24N2O4S/c1-5-16-8-6-7-13(2)20(16)21-27(24,25)17-9-10-19-18(11-17)22(15(4)23)12-14(3)26-19/h6-11,14,21H,5,12H2,1-4H3. The quantitative estimate of drug-likeness (QED) is 0.870. The molecule has 3 rings (SSSR count). The third-order valence-electron chi connectivity index (χ3n) is 4.66. The fraction of sp³-hybridized carbons (Fsp3) is 0.350. The number of aryl methyl sites for hydroxylation is 2. The molecule has 0 radical (unpaired) electrons. The van der Waals surface area contributed by atoms with E-state index < -0.39 is 10.0 Å². The van der Waals surface area contributed by atoms with Gasteiger partial charge in [-0.05, 0) is 49.6 Å². The van der Waals surface area contributed by atoms with Crippen LogP contribution in [0, 0.1) is 6.92 Å². The number of anilines is 2. The van der Waals surface area contributed by atoms with E-state index in [1.165, 1.54) is 19.1 Å². The number of fused-ring (bicyclic) bond motifs is 1. The summed E-state index contributed by atoms with van der Waals surface area (Å²) < 4.78 is 34.4. The van der Waals surface area contributed by atoms with Gasteiger partial charge in [0.15, 0.2) is 0 Å². The van der Waals surface area contributed by atoms with Gasteiger partial charge in [-0.15, -0.1) is 0 Å². The highest BCUT2D eigenvalue weighted by molar-refractivity contribution is 7.92. The lowest BCUT2D eigenvalue weighted by Gasteiger charge is -2.33. The number of nitrogens with one attached hydrogen (secondary N) is 1. The average Bonchev–Trinajstić information content (AvgIpc) is 2.62. The molecule has 2 aromatic rings. The molecule has 0 fully saturated rings. The maximum absolute atomic E-state index is 13.0. The van der Waals surface area contributed by atoms with Crippen LogP contribution >= 0.6 is 0 Å². The number of hydrogen-bond donors (Lipinski definition) is 1. The van der Waals surface area contributed by atoms with Crippen LogP contribution in [0.4, 0.5) is 11.4 Å². The van der Waals surface area contributed by atoms with Gasteiger partial charge >= 0.3 is 0 Å². The fourth-order valence-electron chi connectivity index (χ4n) is 3.25. The normalized spacial score (nSPS) is 16.4. The van der Waals surface area contributed by atoms with Gasteiger partial charge in [0, 0.05) is 6.92 Å². The van der Waals surface area contributed by atoms with E-state index in [0.29, 0.717) is 30.1 Å². The molecule has 0 saturated carbocycles. The van der Waals surface area contributed by atoms with Gasteiger partial charge in [0.05, 0.1) is 22.8 Å². The monoisotopic (exact) mass is 388 g/mol. The molecule has 144 valence electrons. The number of hydrogen-bond acceptors (Lipinski definition) is 4. The number of carbonyl (C=O) groups excluding carboxylic acids is 1. The number of benzene rings is 2. The molecule has 27 heavy (non-hydrogen) atoms. The first-order valence-corrected chi connectivity index (χ1v) is 10.4. The number of ether oxygens (including phenoxy) is 1. The molecule has 1 aliphatic heterocycles. The summed E-state index contributed by atoms with van der Waals surface area (Å²) in [5.74, 6) is 0.356. The Morgan fingerprint density at radius 3 is 2.70 bits per heavy atom. The lowest BCUT2D eigenvalue weighted by Crippen LogP contribution is -2.41. The van der Waals surface area contributed by atoms with Gasteiger partial charge in [-0.3, -0.25) is 9.52 Å². The van der Waals surface area contributed by atoms with E-state index >= 15 is 0 Å². The summed E-state index contributed by atoms with van der Waals surface area (Å²) in [4.78, 5) is 13.6. The Labute approximate surface area is 160 Å². The van der Waals surface area contributed by atoms with E-state index in [2.05, 4.69) is 4.72 Å². The zero-order valence-electron chi connectivity index (χ0n) is 15.9. The summed E-state index contributed by atoms with van der Waals surface area (Å²) in [6.45, 7) is 7.57. The molecule has 0 aliphatic carbocycles. The molecule has 7 heteroatoms. The van der Waals surface area contributed by atoms with Gasteiger partial charge in [-0.1, -0.05) is 25.1 Å². The van der Waals surface area contributed by atoms with Crippen LogP contribution in [0.3, 0.4) is 0 Å². The minimum Gasteiger partial charge on any atom is -0.487 e. The van der Waals surface area contributed by atoms with Crippen LogP contribution in [0.25, 0.3) is 0 Å². The van der Waals surface area contributed by atoms with Crippen molar-refractivity contribution in [1.29, 1.82) is 0 Å². The van der Waals surface area contributed by atoms with E-state index in [1.54, 1.807) is 11.0 Å². The van der Waals surface area contributed by atoms with Crippen molar-refractivity contribution in [3.8, 4) is 5.75 Å². The number of carbonyl (C=O) groups is 1. The minimum atomic E-state index is -3.81. The van der Waals surface area contributed by atoms with Gasteiger partial charge in [0.2, 0.25) is 5.91 Å². The Hall–Kier alpha value is -2.54. The van der Waals surface area contributed by atoms with Crippen molar-refractivity contribution in [2.75, 3.05) is 16.2 Å². The maximum atomic E-state index is 13.0. The van der Waals surface area contributed by atoms with Gasteiger partial charge in [-0.25, -0.2) is 8.42 Å². The highest BCUT2D eigenvalue weighted by Gasteiger charge is 2.28. The molecule has 2 aromatic carbocycles. The summed E-state index contributed by atoms with van der Waals surface area (Å²) >= 11 is 0. The van der Waals surface area contributed by atoms with Crippen molar-refractivity contribution in [2.24, 2.45) is 0 Å². The topological polar surface area (TPSA) is 75.7 Å².